The zero-order valence-corrected chi connectivity index (χ0v) is 9.19. The molecule has 0 radical (unpaired) electrons. The molecule has 0 N–H and O–H groups in total. The monoisotopic (exact) mass is 218 g/mol. The Bertz CT molecular complexity index is 284. The highest BCUT2D eigenvalue weighted by molar-refractivity contribution is 6.30. The van der Waals surface area contributed by atoms with Crippen molar-refractivity contribution in [2.45, 2.75) is 18.7 Å². The van der Waals surface area contributed by atoms with Crippen molar-refractivity contribution in [2.75, 3.05) is 7.11 Å². The van der Waals surface area contributed by atoms with Crippen LogP contribution in [0.15, 0.2) is 18.2 Å². The molecule has 13 heavy (non-hydrogen) atoms. The Hall–Kier alpha value is -0.400. The Labute approximate surface area is 88.6 Å². The SMILES string of the molecule is COc1ccc(Cl)cc1CC(C)Cl. The quantitative estimate of drug-likeness (QED) is 0.706. The highest BCUT2D eigenvalue weighted by Gasteiger charge is 2.06. The lowest BCUT2D eigenvalue weighted by molar-refractivity contribution is 0.409. The third kappa shape index (κ3) is 3.09. The standard InChI is InChI=1S/C10H12Cl2O/c1-7(11)5-8-6-9(12)3-4-10(8)13-2/h3-4,6-7H,5H2,1-2H3. The first kappa shape index (κ1) is 10.7. The van der Waals surface area contributed by atoms with Crippen molar-refractivity contribution in [1.82, 2.24) is 0 Å². The predicted molar refractivity (Wildman–Crippen MR) is 57.0 cm³/mol. The summed E-state index contributed by atoms with van der Waals surface area (Å²) in [6, 6.07) is 5.55. The van der Waals surface area contributed by atoms with Crippen LogP contribution in [-0.4, -0.2) is 12.5 Å². The molecule has 0 amide bonds. The number of hydrogen-bond donors (Lipinski definition) is 0. The third-order valence-electron chi connectivity index (χ3n) is 1.74. The third-order valence-corrected chi connectivity index (χ3v) is 2.13. The second kappa shape index (κ2) is 4.73. The number of benzene rings is 1. The molecule has 1 aromatic carbocycles. The summed E-state index contributed by atoms with van der Waals surface area (Å²) in [7, 11) is 1.64. The van der Waals surface area contributed by atoms with Gasteiger partial charge >= 0.3 is 0 Å². The van der Waals surface area contributed by atoms with Crippen LogP contribution in [0.1, 0.15) is 12.5 Å². The fourth-order valence-electron chi connectivity index (χ4n) is 1.21. The van der Waals surface area contributed by atoms with Gasteiger partial charge in [-0.25, -0.2) is 0 Å². The molecular formula is C10H12Cl2O. The molecule has 0 bridgehead atoms. The number of halogens is 2. The van der Waals surface area contributed by atoms with Crippen LogP contribution in [0.4, 0.5) is 0 Å². The van der Waals surface area contributed by atoms with E-state index < -0.39 is 0 Å². The highest BCUT2D eigenvalue weighted by Crippen LogP contribution is 2.24. The number of methoxy groups -OCH3 is 1. The van der Waals surface area contributed by atoms with Gasteiger partial charge in [-0.05, 0) is 37.1 Å². The topological polar surface area (TPSA) is 9.23 Å². The van der Waals surface area contributed by atoms with Crippen molar-refractivity contribution in [1.29, 1.82) is 0 Å². The van der Waals surface area contributed by atoms with Crippen molar-refractivity contribution in [2.24, 2.45) is 0 Å². The molecule has 0 aliphatic rings. The summed E-state index contributed by atoms with van der Waals surface area (Å²) in [6.07, 6.45) is 0.769. The number of ether oxygens (including phenoxy) is 1. The second-order valence-electron chi connectivity index (χ2n) is 2.94. The van der Waals surface area contributed by atoms with E-state index in [9.17, 15) is 0 Å². The van der Waals surface area contributed by atoms with E-state index in [0.717, 1.165) is 17.7 Å². The maximum absolute atomic E-state index is 5.89. The van der Waals surface area contributed by atoms with Crippen molar-refractivity contribution in [3.8, 4) is 5.75 Å². The molecule has 72 valence electrons. The van der Waals surface area contributed by atoms with Gasteiger partial charge in [0.05, 0.1) is 7.11 Å². The van der Waals surface area contributed by atoms with Gasteiger partial charge in [-0.2, -0.15) is 0 Å². The van der Waals surface area contributed by atoms with Crippen LogP contribution in [0, 0.1) is 0 Å². The van der Waals surface area contributed by atoms with Crippen LogP contribution < -0.4 is 4.74 Å². The van der Waals surface area contributed by atoms with Crippen LogP contribution in [0.2, 0.25) is 5.02 Å². The summed E-state index contributed by atoms with van der Waals surface area (Å²) in [5.74, 6) is 0.844. The molecule has 0 aromatic heterocycles. The lowest BCUT2D eigenvalue weighted by Gasteiger charge is -2.09. The van der Waals surface area contributed by atoms with Crippen molar-refractivity contribution < 1.29 is 4.74 Å². The second-order valence-corrected chi connectivity index (χ2v) is 4.12. The molecule has 1 nitrogen and oxygen atoms in total. The zero-order valence-electron chi connectivity index (χ0n) is 7.68. The molecule has 0 aliphatic carbocycles. The average molecular weight is 219 g/mol. The normalized spacial score (nSPS) is 12.6. The molecule has 1 unspecified atom stereocenters. The maximum Gasteiger partial charge on any atom is 0.122 e. The van der Waals surface area contributed by atoms with Gasteiger partial charge in [-0.1, -0.05) is 11.6 Å². The molecule has 0 heterocycles. The van der Waals surface area contributed by atoms with Gasteiger partial charge in [0.25, 0.3) is 0 Å². The summed E-state index contributed by atoms with van der Waals surface area (Å²) in [4.78, 5) is 0. The molecule has 0 fully saturated rings. The first-order valence-electron chi connectivity index (χ1n) is 4.10. The van der Waals surface area contributed by atoms with E-state index in [0.29, 0.717) is 5.02 Å². The van der Waals surface area contributed by atoms with Gasteiger partial charge in [0.1, 0.15) is 5.75 Å². The van der Waals surface area contributed by atoms with Gasteiger partial charge < -0.3 is 4.74 Å². The Kier molecular flexibility index (Phi) is 3.89. The van der Waals surface area contributed by atoms with Crippen molar-refractivity contribution >= 4 is 23.2 Å². The van der Waals surface area contributed by atoms with Gasteiger partial charge in [0, 0.05) is 10.4 Å². The van der Waals surface area contributed by atoms with Gasteiger partial charge in [-0.15, -0.1) is 11.6 Å². The molecule has 3 heteroatoms. The number of hydrogen-bond acceptors (Lipinski definition) is 1. The summed E-state index contributed by atoms with van der Waals surface area (Å²) in [6.45, 7) is 1.95. The van der Waals surface area contributed by atoms with Gasteiger partial charge in [-0.3, -0.25) is 0 Å². The van der Waals surface area contributed by atoms with E-state index in [1.54, 1.807) is 7.11 Å². The Morgan fingerprint density at radius 2 is 2.15 bits per heavy atom. The minimum atomic E-state index is 0.0902. The zero-order chi connectivity index (χ0) is 9.84. The Morgan fingerprint density at radius 1 is 1.46 bits per heavy atom. The van der Waals surface area contributed by atoms with E-state index in [4.69, 9.17) is 27.9 Å². The smallest absolute Gasteiger partial charge is 0.122 e. The molecule has 0 saturated carbocycles. The summed E-state index contributed by atoms with van der Waals surface area (Å²) >= 11 is 11.8. The fraction of sp³-hybridized carbons (Fsp3) is 0.400. The van der Waals surface area contributed by atoms with E-state index in [1.165, 1.54) is 0 Å². The molecule has 0 spiro atoms. The number of rotatable bonds is 3. The summed E-state index contributed by atoms with van der Waals surface area (Å²) in [5.41, 5.74) is 1.05. The Balaban J connectivity index is 2.94. The van der Waals surface area contributed by atoms with E-state index in [1.807, 2.05) is 25.1 Å². The Morgan fingerprint density at radius 3 is 2.69 bits per heavy atom. The molecule has 1 aromatic rings. The predicted octanol–water partition coefficient (Wildman–Crippen LogP) is 3.52. The lowest BCUT2D eigenvalue weighted by atomic mass is 10.1. The van der Waals surface area contributed by atoms with Crippen LogP contribution in [0.25, 0.3) is 0 Å². The van der Waals surface area contributed by atoms with Crippen LogP contribution in [-0.2, 0) is 6.42 Å². The number of alkyl halides is 1. The minimum Gasteiger partial charge on any atom is -0.496 e. The molecule has 0 aliphatic heterocycles. The fourth-order valence-corrected chi connectivity index (χ4v) is 1.57. The highest BCUT2D eigenvalue weighted by atomic mass is 35.5. The lowest BCUT2D eigenvalue weighted by Crippen LogP contribution is -1.99. The first-order chi connectivity index (χ1) is 6.13. The van der Waals surface area contributed by atoms with Crippen molar-refractivity contribution in [3.05, 3.63) is 28.8 Å². The van der Waals surface area contributed by atoms with E-state index >= 15 is 0 Å². The molecule has 1 rings (SSSR count). The largest absolute Gasteiger partial charge is 0.496 e. The van der Waals surface area contributed by atoms with Crippen molar-refractivity contribution in [3.63, 3.8) is 0 Å². The van der Waals surface area contributed by atoms with Crippen LogP contribution >= 0.6 is 23.2 Å². The van der Waals surface area contributed by atoms with Crippen LogP contribution in [0.3, 0.4) is 0 Å². The molecule has 1 atom stereocenters. The average Bonchev–Trinajstić information content (AvgIpc) is 2.03. The van der Waals surface area contributed by atoms with E-state index in [2.05, 4.69) is 0 Å². The van der Waals surface area contributed by atoms with E-state index in [-0.39, 0.29) is 5.38 Å². The van der Waals surface area contributed by atoms with Gasteiger partial charge in [0.15, 0.2) is 0 Å². The maximum atomic E-state index is 5.89. The molecular weight excluding hydrogens is 207 g/mol. The first-order valence-corrected chi connectivity index (χ1v) is 4.91. The van der Waals surface area contributed by atoms with Gasteiger partial charge in [0.2, 0.25) is 0 Å². The minimum absolute atomic E-state index is 0.0902. The molecule has 0 saturated heterocycles. The van der Waals surface area contributed by atoms with Crippen LogP contribution in [0.5, 0.6) is 5.75 Å². The summed E-state index contributed by atoms with van der Waals surface area (Å²) < 4.78 is 5.18. The summed E-state index contributed by atoms with van der Waals surface area (Å²) in [5, 5.41) is 0.806.